The predicted octanol–water partition coefficient (Wildman–Crippen LogP) is 1.43. The molecule has 0 aromatic heterocycles. The Hall–Kier alpha value is -2.75. The van der Waals surface area contributed by atoms with E-state index in [2.05, 4.69) is 0 Å². The summed E-state index contributed by atoms with van der Waals surface area (Å²) < 4.78 is 25.5. The molecule has 0 heterocycles. The van der Waals surface area contributed by atoms with Gasteiger partial charge in [0.15, 0.2) is 0 Å². The highest BCUT2D eigenvalue weighted by Gasteiger charge is 2.28. The maximum absolute atomic E-state index is 12.6. The summed E-state index contributed by atoms with van der Waals surface area (Å²) >= 11 is 0. The van der Waals surface area contributed by atoms with Crippen molar-refractivity contribution in [1.29, 1.82) is 0 Å². The minimum Gasteiger partial charge on any atom is -0.277 e. The van der Waals surface area contributed by atoms with Gasteiger partial charge in [-0.05, 0) is 49.2 Å². The van der Waals surface area contributed by atoms with E-state index in [9.17, 15) is 18.0 Å². The van der Waals surface area contributed by atoms with E-state index < -0.39 is 21.8 Å². The first-order valence-corrected chi connectivity index (χ1v) is 9.70. The van der Waals surface area contributed by atoms with Crippen molar-refractivity contribution in [2.24, 2.45) is 11.7 Å². The summed E-state index contributed by atoms with van der Waals surface area (Å²) in [6.45, 7) is 3.94. The molecule has 0 aliphatic rings. The number of hydrogen-bond donors (Lipinski definition) is 2. The molecule has 9 heteroatoms. The van der Waals surface area contributed by atoms with E-state index in [1.165, 1.54) is 30.3 Å². The standard InChI is InChI=1S/C18H22N4O4S/c1-3-12-21(19)17(23)14-8-10-15(11-9-14)27(25,26)22(20)18(24)16-7-5-4-6-13(16)2/h4-11H,3,12,19-20H2,1-2H3. The molecule has 0 atom stereocenters. The number of rotatable bonds is 6. The highest BCUT2D eigenvalue weighted by Crippen LogP contribution is 2.18. The molecule has 0 spiro atoms. The molecular weight excluding hydrogens is 368 g/mol. The molecule has 0 aliphatic heterocycles. The summed E-state index contributed by atoms with van der Waals surface area (Å²) in [6.07, 6.45) is 0.692. The van der Waals surface area contributed by atoms with E-state index in [0.717, 1.165) is 5.01 Å². The Bertz CT molecular complexity index is 942. The molecule has 2 rings (SSSR count). The van der Waals surface area contributed by atoms with Gasteiger partial charge in [-0.3, -0.25) is 14.6 Å². The maximum atomic E-state index is 12.6. The van der Waals surface area contributed by atoms with Gasteiger partial charge in [-0.2, -0.15) is 12.8 Å². The van der Waals surface area contributed by atoms with Crippen molar-refractivity contribution in [2.75, 3.05) is 6.54 Å². The molecule has 2 amide bonds. The minimum atomic E-state index is -4.27. The molecule has 0 saturated heterocycles. The molecular formula is C18H22N4O4S. The van der Waals surface area contributed by atoms with Gasteiger partial charge < -0.3 is 0 Å². The second kappa shape index (κ2) is 8.30. The zero-order chi connectivity index (χ0) is 20.2. The van der Waals surface area contributed by atoms with E-state index in [1.807, 2.05) is 6.92 Å². The topological polar surface area (TPSA) is 127 Å². The zero-order valence-corrected chi connectivity index (χ0v) is 15.9. The van der Waals surface area contributed by atoms with Crippen LogP contribution < -0.4 is 11.7 Å². The van der Waals surface area contributed by atoms with Gasteiger partial charge in [0.2, 0.25) is 0 Å². The molecule has 2 aromatic carbocycles. The molecule has 27 heavy (non-hydrogen) atoms. The molecule has 2 aromatic rings. The lowest BCUT2D eigenvalue weighted by Gasteiger charge is -2.18. The van der Waals surface area contributed by atoms with E-state index >= 15 is 0 Å². The van der Waals surface area contributed by atoms with Crippen LogP contribution in [-0.2, 0) is 10.0 Å². The van der Waals surface area contributed by atoms with Gasteiger partial charge in [0.1, 0.15) is 0 Å². The van der Waals surface area contributed by atoms with Gasteiger partial charge in [0.25, 0.3) is 21.8 Å². The summed E-state index contributed by atoms with van der Waals surface area (Å²) in [4.78, 5) is 24.4. The van der Waals surface area contributed by atoms with Crippen molar-refractivity contribution in [3.05, 3.63) is 65.2 Å². The van der Waals surface area contributed by atoms with E-state index in [0.29, 0.717) is 18.5 Å². The Morgan fingerprint density at radius 2 is 1.56 bits per heavy atom. The predicted molar refractivity (Wildman–Crippen MR) is 101 cm³/mol. The monoisotopic (exact) mass is 390 g/mol. The molecule has 144 valence electrons. The Kier molecular flexibility index (Phi) is 6.32. The number of nitrogens with zero attached hydrogens (tertiary/aromatic N) is 2. The smallest absolute Gasteiger partial charge is 0.277 e. The number of carbonyl (C=O) groups is 2. The molecule has 4 N–H and O–H groups in total. The van der Waals surface area contributed by atoms with Crippen LogP contribution in [0.2, 0.25) is 0 Å². The van der Waals surface area contributed by atoms with Gasteiger partial charge in [-0.25, -0.2) is 11.7 Å². The van der Waals surface area contributed by atoms with Crippen LogP contribution in [0.5, 0.6) is 0 Å². The number of aryl methyl sites for hydroxylation is 1. The highest BCUT2D eigenvalue weighted by molar-refractivity contribution is 7.89. The fraction of sp³-hybridized carbons (Fsp3) is 0.222. The number of carbonyl (C=O) groups excluding carboxylic acids is 2. The number of hydrogen-bond acceptors (Lipinski definition) is 6. The lowest BCUT2D eigenvalue weighted by Crippen LogP contribution is -2.42. The van der Waals surface area contributed by atoms with Crippen LogP contribution in [0.3, 0.4) is 0 Å². The van der Waals surface area contributed by atoms with E-state index in [1.54, 1.807) is 25.1 Å². The number of nitrogens with two attached hydrogens (primary N) is 2. The third-order valence-corrected chi connectivity index (χ3v) is 5.51. The van der Waals surface area contributed by atoms with Crippen LogP contribution in [0.1, 0.15) is 39.6 Å². The number of amides is 2. The van der Waals surface area contributed by atoms with Crippen molar-refractivity contribution in [2.45, 2.75) is 25.2 Å². The fourth-order valence-electron chi connectivity index (χ4n) is 2.43. The van der Waals surface area contributed by atoms with Crippen LogP contribution in [-0.4, -0.2) is 36.2 Å². The van der Waals surface area contributed by atoms with Gasteiger partial charge >= 0.3 is 0 Å². The molecule has 0 radical (unpaired) electrons. The van der Waals surface area contributed by atoms with Crippen molar-refractivity contribution < 1.29 is 18.0 Å². The lowest BCUT2D eigenvalue weighted by atomic mass is 10.1. The first-order chi connectivity index (χ1) is 12.7. The highest BCUT2D eigenvalue weighted by atomic mass is 32.2. The fourth-order valence-corrected chi connectivity index (χ4v) is 3.46. The van der Waals surface area contributed by atoms with Gasteiger partial charge in [0.05, 0.1) is 4.90 Å². The Morgan fingerprint density at radius 3 is 2.11 bits per heavy atom. The van der Waals surface area contributed by atoms with Crippen molar-refractivity contribution >= 4 is 21.8 Å². The Balaban J connectivity index is 2.27. The van der Waals surface area contributed by atoms with Gasteiger partial charge in [0, 0.05) is 17.7 Å². The quantitative estimate of drug-likeness (QED) is 0.436. The summed E-state index contributed by atoms with van der Waals surface area (Å²) in [7, 11) is -4.27. The SMILES string of the molecule is CCCN(N)C(=O)c1ccc(S(=O)(=O)N(N)C(=O)c2ccccc2C)cc1. The number of hydrazine groups is 2. The first-order valence-electron chi connectivity index (χ1n) is 8.26. The summed E-state index contributed by atoms with van der Waals surface area (Å²) in [5, 5.41) is 1.06. The third kappa shape index (κ3) is 4.33. The van der Waals surface area contributed by atoms with E-state index in [-0.39, 0.29) is 20.4 Å². The van der Waals surface area contributed by atoms with Crippen LogP contribution in [0.15, 0.2) is 53.4 Å². The van der Waals surface area contributed by atoms with Crippen LogP contribution >= 0.6 is 0 Å². The third-order valence-electron chi connectivity index (χ3n) is 3.96. The Morgan fingerprint density at radius 1 is 0.963 bits per heavy atom. The van der Waals surface area contributed by atoms with Crippen LogP contribution in [0, 0.1) is 6.92 Å². The molecule has 0 saturated carbocycles. The number of benzene rings is 2. The maximum Gasteiger partial charge on any atom is 0.282 e. The van der Waals surface area contributed by atoms with Crippen molar-refractivity contribution in [3.63, 3.8) is 0 Å². The molecule has 0 unspecified atom stereocenters. The second-order valence-corrected chi connectivity index (χ2v) is 7.76. The van der Waals surface area contributed by atoms with Crippen molar-refractivity contribution in [3.8, 4) is 0 Å². The van der Waals surface area contributed by atoms with E-state index in [4.69, 9.17) is 11.7 Å². The summed E-state index contributed by atoms with van der Waals surface area (Å²) in [5.74, 6) is 9.98. The van der Waals surface area contributed by atoms with Crippen LogP contribution in [0.25, 0.3) is 0 Å². The normalized spacial score (nSPS) is 11.1. The second-order valence-electron chi connectivity index (χ2n) is 5.94. The molecule has 8 nitrogen and oxygen atoms in total. The largest absolute Gasteiger partial charge is 0.282 e. The first kappa shape index (κ1) is 20.6. The Labute approximate surface area is 158 Å². The minimum absolute atomic E-state index is 0.189. The summed E-state index contributed by atoms with van der Waals surface area (Å²) in [6, 6.07) is 11.6. The summed E-state index contributed by atoms with van der Waals surface area (Å²) in [5.41, 5.74) is 1.03. The average Bonchev–Trinajstić information content (AvgIpc) is 2.67. The van der Waals surface area contributed by atoms with Crippen LogP contribution in [0.4, 0.5) is 0 Å². The lowest BCUT2D eigenvalue weighted by molar-refractivity contribution is 0.0754. The molecule has 0 fully saturated rings. The van der Waals surface area contributed by atoms with Gasteiger partial charge in [-0.1, -0.05) is 25.1 Å². The molecule has 0 bridgehead atoms. The zero-order valence-electron chi connectivity index (χ0n) is 15.1. The molecule has 0 aliphatic carbocycles. The van der Waals surface area contributed by atoms with Crippen molar-refractivity contribution in [1.82, 2.24) is 9.42 Å². The average molecular weight is 390 g/mol. The van der Waals surface area contributed by atoms with Gasteiger partial charge in [-0.15, -0.1) is 0 Å². The number of sulfonamides is 1.